The summed E-state index contributed by atoms with van der Waals surface area (Å²) in [4.78, 5) is 54.0. The van der Waals surface area contributed by atoms with Gasteiger partial charge in [-0.25, -0.2) is 0 Å². The van der Waals surface area contributed by atoms with Gasteiger partial charge in [-0.1, -0.05) is 56.5 Å². The summed E-state index contributed by atoms with van der Waals surface area (Å²) in [7, 11) is 0. The van der Waals surface area contributed by atoms with Gasteiger partial charge in [-0.3, -0.25) is 19.3 Å². The Balaban J connectivity index is 0.646. The lowest BCUT2D eigenvalue weighted by Crippen LogP contribution is -2.61. The summed E-state index contributed by atoms with van der Waals surface area (Å²) < 4.78 is 0. The van der Waals surface area contributed by atoms with E-state index < -0.39 is 23.6 Å². The second kappa shape index (κ2) is 20.5. The van der Waals surface area contributed by atoms with Crippen molar-refractivity contribution in [3.63, 3.8) is 0 Å². The molecule has 0 bridgehead atoms. The van der Waals surface area contributed by atoms with Crippen LogP contribution in [0, 0.1) is 29.1 Å². The number of terminal acetylenes is 1. The summed E-state index contributed by atoms with van der Waals surface area (Å²) in [6, 6.07) is 15.2. The fourth-order valence-electron chi connectivity index (χ4n) is 13.3. The van der Waals surface area contributed by atoms with Crippen LogP contribution >= 0.6 is 11.6 Å². The molecule has 15 nitrogen and oxygen atoms in total. The molecule has 1 aromatic heterocycles. The van der Waals surface area contributed by atoms with Gasteiger partial charge < -0.3 is 45.8 Å². The van der Waals surface area contributed by atoms with Crippen molar-refractivity contribution in [3.05, 3.63) is 64.7 Å². The number of β-amino-alcohol motifs (C(OH)–C–C–N with tert-alkyl or cyclic N) is 1. The molecule has 2 aliphatic carbocycles. The number of piperazine rings is 1. The molecule has 2 aromatic carbocycles. The Morgan fingerprint density at radius 1 is 0.859 bits per heavy atom. The Morgan fingerprint density at radius 3 is 2.23 bits per heavy atom. The quantitative estimate of drug-likeness (QED) is 0.163. The number of aliphatic hydroxyl groups is 1. The number of carbonyl (C=O) groups is 3. The number of halogens is 1. The normalized spacial score (nSPS) is 28.3. The zero-order valence-corrected chi connectivity index (χ0v) is 42.5. The number of nitrogens with one attached hydrogen (secondary N) is 3. The third-order valence-electron chi connectivity index (χ3n) is 17.5. The van der Waals surface area contributed by atoms with E-state index in [0.29, 0.717) is 57.0 Å². The first-order chi connectivity index (χ1) is 34.1. The highest BCUT2D eigenvalue weighted by Gasteiger charge is 2.50. The maximum absolute atomic E-state index is 14.3. The number of carbonyl (C=O) groups excluding carboxylic acids is 3. The number of hydrogen-bond donors (Lipinski definition) is 5. The average molecular weight is 990 g/mol. The molecule has 7 aliphatic rings. The van der Waals surface area contributed by atoms with Crippen molar-refractivity contribution in [2.45, 2.75) is 140 Å². The largest absolute Gasteiger partial charge is 0.507 e. The lowest BCUT2D eigenvalue weighted by atomic mass is 9.56. The van der Waals surface area contributed by atoms with Crippen molar-refractivity contribution < 1.29 is 24.6 Å². The summed E-state index contributed by atoms with van der Waals surface area (Å²) in [6.07, 6.45) is 15.8. The molecule has 16 heteroatoms. The monoisotopic (exact) mass is 989 g/mol. The highest BCUT2D eigenvalue weighted by Crippen LogP contribution is 2.55. The molecule has 4 saturated heterocycles. The Hall–Kier alpha value is -4.98. The highest BCUT2D eigenvalue weighted by atomic mass is 35.5. The first-order valence-corrected chi connectivity index (χ1v) is 26.7. The van der Waals surface area contributed by atoms with Gasteiger partial charge in [0.15, 0.2) is 5.82 Å². The maximum atomic E-state index is 14.3. The van der Waals surface area contributed by atoms with Gasteiger partial charge in [0, 0.05) is 85.9 Å². The molecular formula is C55H73ClN10O5. The van der Waals surface area contributed by atoms with E-state index in [-0.39, 0.29) is 48.9 Å². The van der Waals surface area contributed by atoms with Crippen molar-refractivity contribution in [2.75, 3.05) is 69.1 Å². The number of phenols is 1. The highest BCUT2D eigenvalue weighted by molar-refractivity contribution is 6.31. The molecule has 0 unspecified atom stereocenters. The number of aliphatic hydroxyl groups excluding tert-OH is 1. The van der Waals surface area contributed by atoms with Crippen LogP contribution in [0.1, 0.15) is 103 Å². The smallest absolute Gasteiger partial charge is 0.246 e. The first kappa shape index (κ1) is 49.6. The van der Waals surface area contributed by atoms with Crippen LogP contribution < -0.4 is 20.9 Å². The number of rotatable bonds is 10. The molecule has 2 saturated carbocycles. The molecule has 6 fully saturated rings. The summed E-state index contributed by atoms with van der Waals surface area (Å²) in [6.45, 7) is 14.5. The second-order valence-electron chi connectivity index (χ2n) is 22.9. The molecule has 6 heterocycles. The number of phenolic OH excluding ortho intramolecular Hbond substituents is 1. The summed E-state index contributed by atoms with van der Waals surface area (Å²) in [5.74, 6) is 2.62. The molecule has 0 radical (unpaired) electrons. The van der Waals surface area contributed by atoms with E-state index in [1.165, 1.54) is 69.6 Å². The first-order valence-electron chi connectivity index (χ1n) is 26.4. The fraction of sp³-hybridized carbons (Fsp3) is 0.618. The third-order valence-corrected chi connectivity index (χ3v) is 17.9. The van der Waals surface area contributed by atoms with Gasteiger partial charge in [-0.15, -0.1) is 16.6 Å². The molecule has 5 aliphatic heterocycles. The number of likely N-dealkylation sites (tertiary alicyclic amines) is 3. The predicted octanol–water partition coefficient (Wildman–Crippen LogP) is 5.48. The van der Waals surface area contributed by atoms with Gasteiger partial charge >= 0.3 is 0 Å². The van der Waals surface area contributed by atoms with E-state index in [4.69, 9.17) is 18.0 Å². The number of para-hydroxylation sites is 1. The SMILES string of the molecule is C#Cc1ccc(CNC(=O)[C@@H]2C[C@@H](O)CN2C(=O)[C@@H](NC(=O)C2CCC3(CC2)CC(N2CCC(N4CCC(N5CCN6c7cc(-c8ccccc8O)nnc7NC[C@H]6C5)CC4)CC2)C3)C(C)(C)C)c(Cl)c1. The number of anilines is 2. The van der Waals surface area contributed by atoms with Crippen molar-refractivity contribution >= 4 is 40.8 Å². The molecule has 4 atom stereocenters. The zero-order chi connectivity index (χ0) is 49.6. The lowest BCUT2D eigenvalue weighted by molar-refractivity contribution is -0.145. The van der Waals surface area contributed by atoms with Crippen LogP contribution in [0.5, 0.6) is 5.75 Å². The number of fused-ring (bicyclic) bond motifs is 3. The van der Waals surface area contributed by atoms with Gasteiger partial charge in [0.1, 0.15) is 17.8 Å². The van der Waals surface area contributed by atoms with Gasteiger partial charge in [0.05, 0.1) is 23.5 Å². The maximum Gasteiger partial charge on any atom is 0.246 e. The van der Waals surface area contributed by atoms with Crippen molar-refractivity contribution in [1.82, 2.24) is 40.4 Å². The lowest BCUT2D eigenvalue weighted by Gasteiger charge is -2.56. The van der Waals surface area contributed by atoms with Crippen molar-refractivity contribution in [3.8, 4) is 29.4 Å². The fourth-order valence-corrected chi connectivity index (χ4v) is 13.5. The Bertz CT molecular complexity index is 2480. The van der Waals surface area contributed by atoms with Crippen LogP contribution in [0.15, 0.2) is 48.5 Å². The molecular weight excluding hydrogens is 916 g/mol. The van der Waals surface area contributed by atoms with Crippen LogP contribution in [-0.2, 0) is 20.9 Å². The Labute approximate surface area is 424 Å². The standard InChI is InChI=1S/C55H73ClN10O5/c1-5-35-10-11-37(44(56)26-35)31-58-52(70)47-27-42(67)34-66(47)53(71)49(54(2,3)4)59-51(69)36-12-18-55(19-13-36)29-40(30-55)63-22-14-38(15-23-63)62-20-16-39(17-21-62)64-24-25-65-41(33-64)32-57-50-46(65)28-45(60-61-50)43-8-6-7-9-48(43)68/h1,6-11,26,28,36,38-42,47,49,67-68H,12-25,27,29-34H2,2-4H3,(H,57,61)(H,58,70)(H,59,69)/t36?,40?,41-,42+,47-,49+,55?/m0/s1. The number of hydrogen-bond acceptors (Lipinski definition) is 12. The van der Waals surface area contributed by atoms with Crippen LogP contribution in [-0.4, -0.2) is 159 Å². The third kappa shape index (κ3) is 10.5. The number of aromatic hydroxyl groups is 1. The van der Waals surface area contributed by atoms with Gasteiger partial charge in [0.25, 0.3) is 0 Å². The van der Waals surface area contributed by atoms with E-state index in [1.54, 1.807) is 24.3 Å². The molecule has 71 heavy (non-hydrogen) atoms. The van der Waals surface area contributed by atoms with Crippen molar-refractivity contribution in [2.24, 2.45) is 16.7 Å². The van der Waals surface area contributed by atoms with Crippen LogP contribution in [0.3, 0.4) is 0 Å². The van der Waals surface area contributed by atoms with Crippen LogP contribution in [0.4, 0.5) is 11.5 Å². The molecule has 1 spiro atoms. The second-order valence-corrected chi connectivity index (χ2v) is 23.4. The number of piperidine rings is 2. The van der Waals surface area contributed by atoms with Crippen LogP contribution in [0.2, 0.25) is 5.02 Å². The minimum absolute atomic E-state index is 0.0257. The molecule has 380 valence electrons. The predicted molar refractivity (Wildman–Crippen MR) is 276 cm³/mol. The van der Waals surface area contributed by atoms with E-state index in [9.17, 15) is 24.6 Å². The van der Waals surface area contributed by atoms with E-state index in [0.717, 1.165) is 63.4 Å². The van der Waals surface area contributed by atoms with E-state index >= 15 is 0 Å². The Kier molecular flexibility index (Phi) is 14.3. The molecule has 3 aromatic rings. The number of amides is 3. The van der Waals surface area contributed by atoms with Crippen LogP contribution in [0.25, 0.3) is 11.3 Å². The van der Waals surface area contributed by atoms with E-state index in [1.807, 2.05) is 39.0 Å². The molecule has 3 amide bonds. The topological polar surface area (TPSA) is 170 Å². The average Bonchev–Trinajstić information content (AvgIpc) is 3.77. The van der Waals surface area contributed by atoms with Gasteiger partial charge in [0.2, 0.25) is 17.7 Å². The van der Waals surface area contributed by atoms with Crippen molar-refractivity contribution in [1.29, 1.82) is 0 Å². The summed E-state index contributed by atoms with van der Waals surface area (Å²) >= 11 is 6.40. The zero-order valence-electron chi connectivity index (χ0n) is 41.8. The number of aromatic nitrogens is 2. The van der Waals surface area contributed by atoms with Gasteiger partial charge in [-0.05, 0) is 137 Å². The number of nitrogens with zero attached hydrogens (tertiary/aromatic N) is 7. The molecule has 10 rings (SSSR count). The Morgan fingerprint density at radius 2 is 1.55 bits per heavy atom. The van der Waals surface area contributed by atoms with Gasteiger partial charge in [-0.2, -0.15) is 0 Å². The number of benzene rings is 2. The summed E-state index contributed by atoms with van der Waals surface area (Å²) in [5, 5.41) is 40.1. The molecule has 5 N–H and O–H groups in total. The minimum atomic E-state index is -0.869. The van der Waals surface area contributed by atoms with E-state index in [2.05, 4.69) is 57.7 Å². The summed E-state index contributed by atoms with van der Waals surface area (Å²) in [5.41, 5.74) is 3.51. The minimum Gasteiger partial charge on any atom is -0.507 e.